The average molecular weight is 300 g/mol. The topological polar surface area (TPSA) is 61.7 Å². The number of aliphatic hydroxyl groups is 1. The summed E-state index contributed by atoms with van der Waals surface area (Å²) in [4.78, 5) is 11.6. The predicted octanol–water partition coefficient (Wildman–Crippen LogP) is 2.79. The molecule has 2 N–H and O–H groups in total. The van der Waals surface area contributed by atoms with Crippen LogP contribution in [0.4, 0.5) is 4.39 Å². The van der Waals surface area contributed by atoms with Gasteiger partial charge in [-0.25, -0.2) is 9.82 Å². The number of aliphatic hydroxyl groups excluding tert-OH is 1. The van der Waals surface area contributed by atoms with Crippen LogP contribution in [0.25, 0.3) is 0 Å². The van der Waals surface area contributed by atoms with Gasteiger partial charge in [-0.3, -0.25) is 4.79 Å². The van der Waals surface area contributed by atoms with E-state index in [1.807, 2.05) is 18.2 Å². The first-order valence-corrected chi connectivity index (χ1v) is 6.96. The minimum atomic E-state index is -0.692. The minimum absolute atomic E-state index is 0.130. The molecule has 1 amide bonds. The Hall–Kier alpha value is -2.53. The van der Waals surface area contributed by atoms with E-state index in [1.165, 1.54) is 12.3 Å². The van der Waals surface area contributed by atoms with Gasteiger partial charge in [0.15, 0.2) is 0 Å². The Bertz CT molecular complexity index is 644. The van der Waals surface area contributed by atoms with Gasteiger partial charge in [0.05, 0.1) is 12.3 Å². The predicted molar refractivity (Wildman–Crippen MR) is 82.8 cm³/mol. The molecule has 5 heteroatoms. The fourth-order valence-electron chi connectivity index (χ4n) is 1.92. The van der Waals surface area contributed by atoms with Crippen LogP contribution in [-0.4, -0.2) is 17.2 Å². The molecule has 114 valence electrons. The number of nitrogens with zero attached hydrogens (tertiary/aromatic N) is 1. The standard InChI is InChI=1S/C17H17FN2O2/c18-15-9-5-4-8-14(15)12-19-20-17(22)11-10-16(21)13-6-2-1-3-7-13/h1-9,12,16,21H,10-11H2,(H,20,22)/b19-12-/t16-/m0/s1. The maximum Gasteiger partial charge on any atom is 0.240 e. The molecule has 0 spiro atoms. The maximum atomic E-state index is 13.3. The highest BCUT2D eigenvalue weighted by Gasteiger charge is 2.09. The molecular formula is C17H17FN2O2. The van der Waals surface area contributed by atoms with E-state index < -0.39 is 11.9 Å². The van der Waals surface area contributed by atoms with Gasteiger partial charge in [0.2, 0.25) is 5.91 Å². The number of carbonyl (C=O) groups excluding carboxylic acids is 1. The van der Waals surface area contributed by atoms with E-state index in [1.54, 1.807) is 30.3 Å². The summed E-state index contributed by atoms with van der Waals surface area (Å²) in [7, 11) is 0. The smallest absolute Gasteiger partial charge is 0.240 e. The SMILES string of the molecule is O=C(CC[C@H](O)c1ccccc1)N/N=C\c1ccccc1F. The summed E-state index contributed by atoms with van der Waals surface area (Å²) in [5, 5.41) is 13.6. The molecule has 0 aliphatic rings. The molecule has 1 atom stereocenters. The van der Waals surface area contributed by atoms with E-state index in [2.05, 4.69) is 10.5 Å². The van der Waals surface area contributed by atoms with Crippen LogP contribution in [-0.2, 0) is 4.79 Å². The Balaban J connectivity index is 1.78. The summed E-state index contributed by atoms with van der Waals surface area (Å²) >= 11 is 0. The molecule has 0 saturated carbocycles. The second-order valence-electron chi connectivity index (χ2n) is 4.78. The second kappa shape index (κ2) is 8.05. The number of nitrogens with one attached hydrogen (secondary N) is 1. The number of hydrazone groups is 1. The molecule has 0 fully saturated rings. The number of rotatable bonds is 6. The lowest BCUT2D eigenvalue weighted by molar-refractivity contribution is -0.121. The average Bonchev–Trinajstić information content (AvgIpc) is 2.55. The number of amides is 1. The van der Waals surface area contributed by atoms with E-state index in [4.69, 9.17) is 0 Å². The van der Waals surface area contributed by atoms with Gasteiger partial charge in [0.25, 0.3) is 0 Å². The van der Waals surface area contributed by atoms with Crippen LogP contribution in [0.1, 0.15) is 30.1 Å². The Morgan fingerprint density at radius 1 is 1.18 bits per heavy atom. The molecule has 0 radical (unpaired) electrons. The van der Waals surface area contributed by atoms with Gasteiger partial charge >= 0.3 is 0 Å². The van der Waals surface area contributed by atoms with Gasteiger partial charge in [-0.15, -0.1) is 0 Å². The van der Waals surface area contributed by atoms with Crippen molar-refractivity contribution in [3.8, 4) is 0 Å². The summed E-state index contributed by atoms with van der Waals surface area (Å²) < 4.78 is 13.3. The summed E-state index contributed by atoms with van der Waals surface area (Å²) in [6, 6.07) is 15.3. The van der Waals surface area contributed by atoms with Crippen molar-refractivity contribution in [2.24, 2.45) is 5.10 Å². The molecule has 4 nitrogen and oxygen atoms in total. The van der Waals surface area contributed by atoms with Crippen LogP contribution >= 0.6 is 0 Å². The van der Waals surface area contributed by atoms with Gasteiger partial charge in [0, 0.05) is 12.0 Å². The van der Waals surface area contributed by atoms with E-state index in [0.29, 0.717) is 12.0 Å². The van der Waals surface area contributed by atoms with Crippen molar-refractivity contribution in [3.63, 3.8) is 0 Å². The normalized spacial score (nSPS) is 12.3. The van der Waals surface area contributed by atoms with Gasteiger partial charge in [0.1, 0.15) is 5.82 Å². The van der Waals surface area contributed by atoms with Crippen molar-refractivity contribution in [3.05, 3.63) is 71.5 Å². The van der Waals surface area contributed by atoms with Crippen LogP contribution in [0.15, 0.2) is 59.7 Å². The van der Waals surface area contributed by atoms with Crippen LogP contribution in [0.2, 0.25) is 0 Å². The van der Waals surface area contributed by atoms with E-state index in [9.17, 15) is 14.3 Å². The van der Waals surface area contributed by atoms with Crippen molar-refractivity contribution in [1.29, 1.82) is 0 Å². The third-order valence-corrected chi connectivity index (χ3v) is 3.13. The third kappa shape index (κ3) is 4.79. The highest BCUT2D eigenvalue weighted by molar-refractivity contribution is 5.82. The lowest BCUT2D eigenvalue weighted by Gasteiger charge is -2.09. The lowest BCUT2D eigenvalue weighted by Crippen LogP contribution is -2.18. The van der Waals surface area contributed by atoms with Crippen molar-refractivity contribution < 1.29 is 14.3 Å². The molecule has 22 heavy (non-hydrogen) atoms. The van der Waals surface area contributed by atoms with Crippen molar-refractivity contribution in [2.45, 2.75) is 18.9 Å². The Morgan fingerprint density at radius 3 is 2.59 bits per heavy atom. The Labute approximate surface area is 128 Å². The van der Waals surface area contributed by atoms with Crippen LogP contribution in [0.5, 0.6) is 0 Å². The Kier molecular flexibility index (Phi) is 5.80. The first kappa shape index (κ1) is 15.9. The van der Waals surface area contributed by atoms with Crippen molar-refractivity contribution >= 4 is 12.1 Å². The molecule has 0 saturated heterocycles. The van der Waals surface area contributed by atoms with Crippen LogP contribution in [0.3, 0.4) is 0 Å². The third-order valence-electron chi connectivity index (χ3n) is 3.13. The number of benzene rings is 2. The van der Waals surface area contributed by atoms with Gasteiger partial charge < -0.3 is 5.11 Å². The number of carbonyl (C=O) groups is 1. The number of hydrogen-bond acceptors (Lipinski definition) is 3. The van der Waals surface area contributed by atoms with Crippen LogP contribution in [0, 0.1) is 5.82 Å². The zero-order valence-electron chi connectivity index (χ0n) is 11.9. The zero-order chi connectivity index (χ0) is 15.8. The largest absolute Gasteiger partial charge is 0.388 e. The second-order valence-corrected chi connectivity index (χ2v) is 4.78. The van der Waals surface area contributed by atoms with Gasteiger partial charge in [-0.1, -0.05) is 48.5 Å². The fraction of sp³-hybridized carbons (Fsp3) is 0.176. The number of hydrogen-bond donors (Lipinski definition) is 2. The summed E-state index contributed by atoms with van der Waals surface area (Å²) in [5.41, 5.74) is 3.38. The summed E-state index contributed by atoms with van der Waals surface area (Å²) in [5.74, 6) is -0.734. The highest BCUT2D eigenvalue weighted by atomic mass is 19.1. The number of halogens is 1. The molecule has 0 heterocycles. The maximum absolute atomic E-state index is 13.3. The van der Waals surface area contributed by atoms with Crippen molar-refractivity contribution in [1.82, 2.24) is 5.43 Å². The molecule has 2 aromatic carbocycles. The molecule has 0 aliphatic heterocycles. The van der Waals surface area contributed by atoms with E-state index in [-0.39, 0.29) is 12.3 Å². The monoisotopic (exact) mass is 300 g/mol. The van der Waals surface area contributed by atoms with Gasteiger partial charge in [-0.05, 0) is 18.1 Å². The first-order valence-electron chi connectivity index (χ1n) is 6.96. The minimum Gasteiger partial charge on any atom is -0.388 e. The van der Waals surface area contributed by atoms with Crippen LogP contribution < -0.4 is 5.43 Å². The van der Waals surface area contributed by atoms with E-state index in [0.717, 1.165) is 5.56 Å². The van der Waals surface area contributed by atoms with E-state index >= 15 is 0 Å². The Morgan fingerprint density at radius 2 is 1.86 bits per heavy atom. The molecule has 0 unspecified atom stereocenters. The molecular weight excluding hydrogens is 283 g/mol. The fourth-order valence-corrected chi connectivity index (χ4v) is 1.92. The summed E-state index contributed by atoms with van der Waals surface area (Å²) in [6.07, 6.45) is 0.985. The van der Waals surface area contributed by atoms with Crippen molar-refractivity contribution in [2.75, 3.05) is 0 Å². The molecule has 2 rings (SSSR count). The molecule has 2 aromatic rings. The summed E-state index contributed by atoms with van der Waals surface area (Å²) in [6.45, 7) is 0. The molecule has 0 aliphatic carbocycles. The zero-order valence-corrected chi connectivity index (χ0v) is 11.9. The first-order chi connectivity index (χ1) is 10.7. The quantitative estimate of drug-likeness (QED) is 0.636. The molecule has 0 aromatic heterocycles. The molecule has 0 bridgehead atoms. The van der Waals surface area contributed by atoms with Gasteiger partial charge in [-0.2, -0.15) is 5.10 Å². The highest BCUT2D eigenvalue weighted by Crippen LogP contribution is 2.17. The lowest BCUT2D eigenvalue weighted by atomic mass is 10.1.